The summed E-state index contributed by atoms with van der Waals surface area (Å²) in [5.41, 5.74) is -0.443. The van der Waals surface area contributed by atoms with Gasteiger partial charge in [-0.05, 0) is 12.8 Å². The van der Waals surface area contributed by atoms with Gasteiger partial charge in [-0.25, -0.2) is 0 Å². The highest BCUT2D eigenvalue weighted by Gasteiger charge is 2.31. The van der Waals surface area contributed by atoms with Crippen LogP contribution >= 0.6 is 0 Å². The number of amides is 1. The molecule has 0 rings (SSSR count). The number of rotatable bonds is 13. The Bertz CT molecular complexity index is 408. The van der Waals surface area contributed by atoms with Crippen molar-refractivity contribution in [2.24, 2.45) is 5.41 Å². The largest absolute Gasteiger partial charge is 0.355 e. The molecule has 0 aliphatic rings. The van der Waals surface area contributed by atoms with E-state index >= 15 is 0 Å². The Labute approximate surface area is 136 Å². The standard InChI is InChI=1S/C16H33NO4S/c1-4-6-8-9-10-12-16(3,11-7-5-2)15(18)17-13-14-22(19,20)21/h4-14H2,1-3H3,(H,17,18)(H,19,20,21). The molecule has 0 heterocycles. The second kappa shape index (κ2) is 11.0. The fourth-order valence-electron chi connectivity index (χ4n) is 2.54. The van der Waals surface area contributed by atoms with Crippen molar-refractivity contribution < 1.29 is 17.8 Å². The molecule has 0 aromatic carbocycles. The van der Waals surface area contributed by atoms with E-state index in [4.69, 9.17) is 4.55 Å². The molecule has 6 heteroatoms. The van der Waals surface area contributed by atoms with E-state index in [1.165, 1.54) is 19.3 Å². The first-order chi connectivity index (χ1) is 10.2. The van der Waals surface area contributed by atoms with Crippen LogP contribution in [0.2, 0.25) is 0 Å². The summed E-state index contributed by atoms with van der Waals surface area (Å²) in [6.07, 6.45) is 9.43. The average molecular weight is 336 g/mol. The van der Waals surface area contributed by atoms with E-state index in [2.05, 4.69) is 19.2 Å². The Morgan fingerprint density at radius 3 is 2.09 bits per heavy atom. The monoisotopic (exact) mass is 335 g/mol. The molecule has 1 amide bonds. The zero-order chi connectivity index (χ0) is 17.1. The van der Waals surface area contributed by atoms with Gasteiger partial charge < -0.3 is 5.32 Å². The van der Waals surface area contributed by atoms with Crippen molar-refractivity contribution in [3.63, 3.8) is 0 Å². The lowest BCUT2D eigenvalue weighted by Crippen LogP contribution is -2.41. The molecule has 22 heavy (non-hydrogen) atoms. The Balaban J connectivity index is 4.40. The van der Waals surface area contributed by atoms with Gasteiger partial charge in [0.25, 0.3) is 10.1 Å². The van der Waals surface area contributed by atoms with Gasteiger partial charge in [0, 0.05) is 12.0 Å². The first kappa shape index (κ1) is 21.4. The third-order valence-corrected chi connectivity index (χ3v) is 4.83. The first-order valence-corrected chi connectivity index (χ1v) is 10.1. The quantitative estimate of drug-likeness (QED) is 0.398. The SMILES string of the molecule is CCCCCCCC(C)(CCCC)C(=O)NCCS(=O)(=O)O. The van der Waals surface area contributed by atoms with Gasteiger partial charge in [0.1, 0.15) is 0 Å². The third kappa shape index (κ3) is 10.2. The van der Waals surface area contributed by atoms with E-state index < -0.39 is 21.3 Å². The number of carbonyl (C=O) groups is 1. The summed E-state index contributed by atoms with van der Waals surface area (Å²) < 4.78 is 30.1. The highest BCUT2D eigenvalue weighted by Crippen LogP contribution is 2.31. The second-order valence-corrected chi connectivity index (χ2v) is 7.94. The van der Waals surface area contributed by atoms with Gasteiger partial charge >= 0.3 is 0 Å². The normalized spacial score (nSPS) is 14.5. The minimum absolute atomic E-state index is 0.0325. The van der Waals surface area contributed by atoms with Crippen molar-refractivity contribution in [1.29, 1.82) is 0 Å². The molecule has 0 fully saturated rings. The van der Waals surface area contributed by atoms with E-state index in [0.717, 1.165) is 38.5 Å². The van der Waals surface area contributed by atoms with Crippen LogP contribution in [0.4, 0.5) is 0 Å². The molecule has 0 aliphatic heterocycles. The molecule has 0 aliphatic carbocycles. The lowest BCUT2D eigenvalue weighted by Gasteiger charge is -2.28. The van der Waals surface area contributed by atoms with E-state index in [1.54, 1.807) is 0 Å². The third-order valence-electron chi connectivity index (χ3n) is 4.11. The van der Waals surface area contributed by atoms with E-state index in [9.17, 15) is 13.2 Å². The lowest BCUT2D eigenvalue weighted by molar-refractivity contribution is -0.131. The van der Waals surface area contributed by atoms with Crippen LogP contribution in [-0.4, -0.2) is 31.2 Å². The number of hydrogen-bond donors (Lipinski definition) is 2. The van der Waals surface area contributed by atoms with Crippen LogP contribution in [0.1, 0.15) is 78.6 Å². The maximum absolute atomic E-state index is 12.4. The molecule has 0 radical (unpaired) electrons. The Hall–Kier alpha value is -0.620. The molecule has 1 atom stereocenters. The minimum Gasteiger partial charge on any atom is -0.355 e. The van der Waals surface area contributed by atoms with E-state index in [0.29, 0.717) is 0 Å². The average Bonchev–Trinajstić information content (AvgIpc) is 2.43. The van der Waals surface area contributed by atoms with Gasteiger partial charge in [-0.1, -0.05) is 65.7 Å². The first-order valence-electron chi connectivity index (χ1n) is 8.48. The second-order valence-electron chi connectivity index (χ2n) is 6.37. The van der Waals surface area contributed by atoms with Gasteiger partial charge in [-0.2, -0.15) is 8.42 Å². The van der Waals surface area contributed by atoms with Crippen molar-refractivity contribution in [2.75, 3.05) is 12.3 Å². The van der Waals surface area contributed by atoms with Crippen molar-refractivity contribution in [2.45, 2.75) is 78.6 Å². The van der Waals surface area contributed by atoms with Crippen LogP contribution in [0, 0.1) is 5.41 Å². The Morgan fingerprint density at radius 2 is 1.55 bits per heavy atom. The van der Waals surface area contributed by atoms with E-state index in [-0.39, 0.29) is 12.5 Å². The van der Waals surface area contributed by atoms with Crippen molar-refractivity contribution in [1.82, 2.24) is 5.32 Å². The number of carbonyl (C=O) groups excluding carboxylic acids is 1. The molecule has 2 N–H and O–H groups in total. The molecule has 0 bridgehead atoms. The molecule has 0 aromatic heterocycles. The van der Waals surface area contributed by atoms with Crippen LogP contribution in [0.25, 0.3) is 0 Å². The number of unbranched alkanes of at least 4 members (excludes halogenated alkanes) is 5. The molecular formula is C16H33NO4S. The molecule has 132 valence electrons. The number of nitrogens with one attached hydrogen (secondary N) is 1. The number of hydrogen-bond acceptors (Lipinski definition) is 3. The molecule has 0 saturated heterocycles. The molecular weight excluding hydrogens is 302 g/mol. The summed E-state index contributed by atoms with van der Waals surface area (Å²) in [6, 6.07) is 0. The highest BCUT2D eigenvalue weighted by molar-refractivity contribution is 7.85. The van der Waals surface area contributed by atoms with Crippen LogP contribution < -0.4 is 5.32 Å². The molecule has 5 nitrogen and oxygen atoms in total. The fraction of sp³-hybridized carbons (Fsp3) is 0.938. The molecule has 0 aromatic rings. The van der Waals surface area contributed by atoms with Gasteiger partial charge in [-0.3, -0.25) is 9.35 Å². The lowest BCUT2D eigenvalue weighted by atomic mass is 9.79. The molecule has 1 unspecified atom stereocenters. The zero-order valence-electron chi connectivity index (χ0n) is 14.4. The zero-order valence-corrected chi connectivity index (χ0v) is 15.2. The maximum Gasteiger partial charge on any atom is 0.266 e. The van der Waals surface area contributed by atoms with Crippen molar-refractivity contribution >= 4 is 16.0 Å². The van der Waals surface area contributed by atoms with Crippen LogP contribution in [0.5, 0.6) is 0 Å². The van der Waals surface area contributed by atoms with Crippen molar-refractivity contribution in [3.05, 3.63) is 0 Å². The summed E-state index contributed by atoms with van der Waals surface area (Å²) in [7, 11) is -4.02. The topological polar surface area (TPSA) is 83.5 Å². The predicted octanol–water partition coefficient (Wildman–Crippen LogP) is 3.55. The summed E-state index contributed by atoms with van der Waals surface area (Å²) in [5.74, 6) is -0.529. The smallest absolute Gasteiger partial charge is 0.266 e. The summed E-state index contributed by atoms with van der Waals surface area (Å²) in [4.78, 5) is 12.4. The summed E-state index contributed by atoms with van der Waals surface area (Å²) in [5, 5.41) is 2.66. The fourth-order valence-corrected chi connectivity index (χ4v) is 2.90. The molecule has 0 spiro atoms. The summed E-state index contributed by atoms with van der Waals surface area (Å²) >= 11 is 0. The predicted molar refractivity (Wildman–Crippen MR) is 90.4 cm³/mol. The van der Waals surface area contributed by atoms with E-state index in [1.807, 2.05) is 6.92 Å². The van der Waals surface area contributed by atoms with Crippen LogP contribution in [0.3, 0.4) is 0 Å². The maximum atomic E-state index is 12.4. The minimum atomic E-state index is -4.02. The van der Waals surface area contributed by atoms with Crippen molar-refractivity contribution in [3.8, 4) is 0 Å². The Kier molecular flexibility index (Phi) is 10.7. The molecule has 0 saturated carbocycles. The van der Waals surface area contributed by atoms with Crippen LogP contribution in [0.15, 0.2) is 0 Å². The Morgan fingerprint density at radius 1 is 1.00 bits per heavy atom. The van der Waals surface area contributed by atoms with Gasteiger partial charge in [-0.15, -0.1) is 0 Å². The van der Waals surface area contributed by atoms with Gasteiger partial charge in [0.05, 0.1) is 5.75 Å². The summed E-state index contributed by atoms with van der Waals surface area (Å²) in [6.45, 7) is 6.20. The highest BCUT2D eigenvalue weighted by atomic mass is 32.2. The van der Waals surface area contributed by atoms with Gasteiger partial charge in [0.2, 0.25) is 5.91 Å². The van der Waals surface area contributed by atoms with Gasteiger partial charge in [0.15, 0.2) is 0 Å². The van der Waals surface area contributed by atoms with Crippen LogP contribution in [-0.2, 0) is 14.9 Å².